The van der Waals surface area contributed by atoms with Crippen LogP contribution in [0.1, 0.15) is 35.9 Å². The normalized spacial score (nSPS) is 11.4. The second-order valence-corrected chi connectivity index (χ2v) is 5.99. The highest BCUT2D eigenvalue weighted by molar-refractivity contribution is 6.04. The molecule has 2 aromatic carbocycles. The van der Waals surface area contributed by atoms with Gasteiger partial charge in [-0.1, -0.05) is 30.3 Å². The number of amides is 1. The molecule has 3 rings (SSSR count). The molecule has 0 saturated carbocycles. The smallest absolute Gasteiger partial charge is 0.267 e. The third-order valence-electron chi connectivity index (χ3n) is 3.76. The van der Waals surface area contributed by atoms with Gasteiger partial charge in [-0.25, -0.2) is 14.5 Å². The summed E-state index contributed by atoms with van der Waals surface area (Å²) in [6.45, 7) is 3.62. The Balaban J connectivity index is 1.95. The fourth-order valence-corrected chi connectivity index (χ4v) is 2.53. The highest BCUT2D eigenvalue weighted by Gasteiger charge is 2.17. The van der Waals surface area contributed by atoms with E-state index in [9.17, 15) is 14.0 Å². The van der Waals surface area contributed by atoms with Gasteiger partial charge in [-0.2, -0.15) is 10.2 Å². The Morgan fingerprint density at radius 2 is 1.92 bits per heavy atom. The molecule has 1 N–H and O–H groups in total. The van der Waals surface area contributed by atoms with Gasteiger partial charge < -0.3 is 0 Å². The summed E-state index contributed by atoms with van der Waals surface area (Å²) < 4.78 is 14.4. The molecule has 0 atom stereocenters. The predicted molar refractivity (Wildman–Crippen MR) is 97.8 cm³/mol. The molecular formula is C19H17FN4O2. The molecule has 7 heteroatoms. The van der Waals surface area contributed by atoms with Crippen LogP contribution in [-0.2, 0) is 0 Å². The van der Waals surface area contributed by atoms with Gasteiger partial charge in [0.2, 0.25) is 0 Å². The minimum atomic E-state index is -0.553. The van der Waals surface area contributed by atoms with Gasteiger partial charge in [-0.15, -0.1) is 0 Å². The maximum atomic E-state index is 13.2. The summed E-state index contributed by atoms with van der Waals surface area (Å²) in [4.78, 5) is 25.0. The average molecular weight is 352 g/mol. The summed E-state index contributed by atoms with van der Waals surface area (Å²) in [7, 11) is 0. The molecule has 0 aliphatic heterocycles. The molecule has 0 radical (unpaired) electrons. The lowest BCUT2D eigenvalue weighted by molar-refractivity contribution is 0.0949. The van der Waals surface area contributed by atoms with E-state index in [1.807, 2.05) is 13.8 Å². The lowest BCUT2D eigenvalue weighted by Gasteiger charge is -2.12. The summed E-state index contributed by atoms with van der Waals surface area (Å²) in [6, 6.07) is 12.4. The number of carbonyl (C=O) groups is 1. The van der Waals surface area contributed by atoms with Crippen LogP contribution < -0.4 is 11.0 Å². The quantitative estimate of drug-likeness (QED) is 0.579. The Hall–Kier alpha value is -3.35. The molecule has 0 aliphatic rings. The number of fused-ring (bicyclic) bond motifs is 1. The lowest BCUT2D eigenvalue weighted by atomic mass is 10.1. The molecule has 0 unspecified atom stereocenters. The van der Waals surface area contributed by atoms with Crippen LogP contribution in [-0.4, -0.2) is 21.9 Å². The van der Waals surface area contributed by atoms with Crippen LogP contribution in [0, 0.1) is 5.82 Å². The number of hydrazone groups is 1. The van der Waals surface area contributed by atoms with E-state index in [-0.39, 0.29) is 17.3 Å². The van der Waals surface area contributed by atoms with Crippen LogP contribution in [0.5, 0.6) is 0 Å². The number of carbonyl (C=O) groups excluding carboxylic acids is 1. The Morgan fingerprint density at radius 1 is 1.19 bits per heavy atom. The van der Waals surface area contributed by atoms with E-state index >= 15 is 0 Å². The number of halogens is 1. The zero-order valence-corrected chi connectivity index (χ0v) is 14.3. The number of nitrogens with one attached hydrogen (secondary N) is 1. The van der Waals surface area contributed by atoms with Gasteiger partial charge >= 0.3 is 0 Å². The molecular weight excluding hydrogens is 335 g/mol. The summed E-state index contributed by atoms with van der Waals surface area (Å²) >= 11 is 0. The van der Waals surface area contributed by atoms with Gasteiger partial charge in [-0.3, -0.25) is 9.59 Å². The van der Waals surface area contributed by atoms with E-state index < -0.39 is 11.7 Å². The maximum absolute atomic E-state index is 13.2. The van der Waals surface area contributed by atoms with Gasteiger partial charge in [0.15, 0.2) is 5.69 Å². The van der Waals surface area contributed by atoms with Crippen LogP contribution in [0.2, 0.25) is 0 Å². The Morgan fingerprint density at radius 3 is 2.62 bits per heavy atom. The Bertz CT molecular complexity index is 1060. The molecule has 1 amide bonds. The first kappa shape index (κ1) is 17.5. The van der Waals surface area contributed by atoms with Crippen molar-refractivity contribution in [2.45, 2.75) is 19.9 Å². The summed E-state index contributed by atoms with van der Waals surface area (Å²) in [5.74, 6) is -0.944. The van der Waals surface area contributed by atoms with E-state index in [1.54, 1.807) is 36.4 Å². The van der Waals surface area contributed by atoms with Crippen molar-refractivity contribution < 1.29 is 9.18 Å². The van der Waals surface area contributed by atoms with Crippen LogP contribution in [0.15, 0.2) is 58.4 Å². The number of benzene rings is 2. The van der Waals surface area contributed by atoms with E-state index in [1.165, 1.54) is 23.0 Å². The lowest BCUT2D eigenvalue weighted by Crippen LogP contribution is -2.30. The van der Waals surface area contributed by atoms with Gasteiger partial charge in [0.25, 0.3) is 11.5 Å². The predicted octanol–water partition coefficient (Wildman–Crippen LogP) is 2.88. The molecule has 26 heavy (non-hydrogen) atoms. The van der Waals surface area contributed by atoms with E-state index in [0.29, 0.717) is 16.3 Å². The second-order valence-electron chi connectivity index (χ2n) is 5.99. The largest absolute Gasteiger partial charge is 0.292 e. The standard InChI is InChI=1S/C19H17FN4O2/c1-12(2)24-19(26)16-9-4-3-8-15(16)17(23-24)18(25)22-21-11-13-6-5-7-14(20)10-13/h3-12H,1-2H3,(H,22,25)/b21-11-. The molecule has 132 valence electrons. The van der Waals surface area contributed by atoms with Gasteiger partial charge in [0, 0.05) is 5.39 Å². The Kier molecular flexibility index (Phi) is 4.88. The van der Waals surface area contributed by atoms with E-state index in [2.05, 4.69) is 15.6 Å². The molecule has 3 aromatic rings. The van der Waals surface area contributed by atoms with Crippen LogP contribution in [0.25, 0.3) is 10.8 Å². The molecule has 0 fully saturated rings. The number of aromatic nitrogens is 2. The number of nitrogens with zero attached hydrogens (tertiary/aromatic N) is 3. The molecule has 1 aromatic heterocycles. The van der Waals surface area contributed by atoms with Gasteiger partial charge in [0.1, 0.15) is 5.82 Å². The molecule has 0 bridgehead atoms. The topological polar surface area (TPSA) is 76.3 Å². The minimum Gasteiger partial charge on any atom is -0.267 e. The monoisotopic (exact) mass is 352 g/mol. The number of rotatable bonds is 4. The maximum Gasteiger partial charge on any atom is 0.292 e. The third-order valence-corrected chi connectivity index (χ3v) is 3.76. The fraction of sp³-hybridized carbons (Fsp3) is 0.158. The highest BCUT2D eigenvalue weighted by Crippen LogP contribution is 2.14. The van der Waals surface area contributed by atoms with Crippen molar-refractivity contribution in [2.75, 3.05) is 0 Å². The summed E-state index contributed by atoms with van der Waals surface area (Å²) in [6.07, 6.45) is 1.33. The molecule has 0 saturated heterocycles. The van der Waals surface area contributed by atoms with Gasteiger partial charge in [-0.05, 0) is 37.6 Å². The number of hydrogen-bond acceptors (Lipinski definition) is 4. The van der Waals surface area contributed by atoms with Crippen molar-refractivity contribution in [1.29, 1.82) is 0 Å². The third kappa shape index (κ3) is 3.51. The zero-order chi connectivity index (χ0) is 18.7. The number of hydrogen-bond donors (Lipinski definition) is 1. The van der Waals surface area contributed by atoms with Gasteiger partial charge in [0.05, 0.1) is 17.6 Å². The molecule has 1 heterocycles. The summed E-state index contributed by atoms with van der Waals surface area (Å²) in [5.41, 5.74) is 2.73. The first-order chi connectivity index (χ1) is 12.5. The van der Waals surface area contributed by atoms with E-state index in [0.717, 1.165) is 0 Å². The Labute approximate surface area is 149 Å². The van der Waals surface area contributed by atoms with Crippen LogP contribution in [0.3, 0.4) is 0 Å². The first-order valence-corrected chi connectivity index (χ1v) is 8.08. The molecule has 0 spiro atoms. The second kappa shape index (κ2) is 7.26. The summed E-state index contributed by atoms with van der Waals surface area (Å²) in [5, 5.41) is 8.91. The van der Waals surface area contributed by atoms with Crippen molar-refractivity contribution in [1.82, 2.24) is 15.2 Å². The first-order valence-electron chi connectivity index (χ1n) is 8.08. The average Bonchev–Trinajstić information content (AvgIpc) is 2.62. The fourth-order valence-electron chi connectivity index (χ4n) is 2.53. The molecule has 6 nitrogen and oxygen atoms in total. The van der Waals surface area contributed by atoms with E-state index in [4.69, 9.17) is 0 Å². The van der Waals surface area contributed by atoms with Crippen molar-refractivity contribution in [3.05, 3.63) is 76.0 Å². The SMILES string of the molecule is CC(C)n1nc(C(=O)N/N=C\c2cccc(F)c2)c2ccccc2c1=O. The zero-order valence-electron chi connectivity index (χ0n) is 14.3. The van der Waals surface area contributed by atoms with Crippen molar-refractivity contribution in [3.8, 4) is 0 Å². The van der Waals surface area contributed by atoms with Crippen molar-refractivity contribution in [3.63, 3.8) is 0 Å². The highest BCUT2D eigenvalue weighted by atomic mass is 19.1. The molecule has 0 aliphatic carbocycles. The minimum absolute atomic E-state index is 0.102. The van der Waals surface area contributed by atoms with Crippen LogP contribution in [0.4, 0.5) is 4.39 Å². The van der Waals surface area contributed by atoms with Crippen molar-refractivity contribution >= 4 is 22.9 Å². The van der Waals surface area contributed by atoms with Crippen molar-refractivity contribution in [2.24, 2.45) is 5.10 Å². The van der Waals surface area contributed by atoms with Crippen LogP contribution >= 0.6 is 0 Å².